The van der Waals surface area contributed by atoms with Crippen LogP contribution in [0.1, 0.15) is 10.4 Å². The molecular formula is C10H7ClI3O5S-. The molecule has 1 atom stereocenters. The van der Waals surface area contributed by atoms with Crippen LogP contribution in [-0.4, -0.2) is 36.7 Å². The van der Waals surface area contributed by atoms with Crippen LogP contribution in [0, 0.1) is 10.7 Å². The molecule has 112 valence electrons. The highest BCUT2D eigenvalue weighted by atomic mass is 127. The molecule has 0 heterocycles. The molecule has 0 N–H and O–H groups in total. The van der Waals surface area contributed by atoms with Crippen LogP contribution in [-0.2, 0) is 14.9 Å². The van der Waals surface area contributed by atoms with Crippen molar-refractivity contribution in [2.45, 2.75) is 5.25 Å². The van der Waals surface area contributed by atoms with E-state index in [2.05, 4.69) is 45.2 Å². The summed E-state index contributed by atoms with van der Waals surface area (Å²) in [5.41, 5.74) is 0.332. The lowest BCUT2D eigenvalue weighted by Crippen LogP contribution is -2.29. The lowest BCUT2D eigenvalue weighted by Gasteiger charge is -2.18. The van der Waals surface area contributed by atoms with E-state index in [1.54, 1.807) is 6.07 Å². The van der Waals surface area contributed by atoms with Gasteiger partial charge in [-0.15, -0.1) is 11.6 Å². The highest BCUT2D eigenvalue weighted by Crippen LogP contribution is 2.23. The van der Waals surface area contributed by atoms with Crippen LogP contribution in [0.3, 0.4) is 0 Å². The molecule has 0 bridgehead atoms. The molecule has 1 rings (SSSR count). The van der Waals surface area contributed by atoms with Crippen LogP contribution in [0.25, 0.3) is 0 Å². The quantitative estimate of drug-likeness (QED) is 0.160. The maximum absolute atomic E-state index is 11.9. The molecule has 0 spiro atoms. The Labute approximate surface area is 162 Å². The van der Waals surface area contributed by atoms with Crippen molar-refractivity contribution in [3.05, 3.63) is 28.4 Å². The van der Waals surface area contributed by atoms with Crippen LogP contribution in [0.5, 0.6) is 0 Å². The molecule has 0 aromatic heterocycles. The van der Waals surface area contributed by atoms with Gasteiger partial charge >= 0.3 is 5.97 Å². The molecule has 0 fully saturated rings. The molecule has 0 saturated carbocycles. The summed E-state index contributed by atoms with van der Waals surface area (Å²) in [5, 5.41) is -1.44. The maximum atomic E-state index is 11.9. The van der Waals surface area contributed by atoms with Crippen LogP contribution < -0.4 is 0 Å². The van der Waals surface area contributed by atoms with Gasteiger partial charge < -0.3 is 9.29 Å². The summed E-state index contributed by atoms with van der Waals surface area (Å²) in [5.74, 6) is -1.09. The highest BCUT2D eigenvalue weighted by Gasteiger charge is 2.20. The minimum absolute atomic E-state index is 0.332. The zero-order valence-electron chi connectivity index (χ0n) is 9.61. The van der Waals surface area contributed by atoms with Gasteiger partial charge in [0.1, 0.15) is 16.7 Å². The minimum Gasteiger partial charge on any atom is -0.748 e. The Morgan fingerprint density at radius 1 is 1.35 bits per heavy atom. The van der Waals surface area contributed by atoms with Gasteiger partial charge in [0, 0.05) is 16.6 Å². The number of hydrogen-bond acceptors (Lipinski definition) is 5. The molecule has 10 heteroatoms. The van der Waals surface area contributed by atoms with Crippen molar-refractivity contribution in [3.8, 4) is 0 Å². The second kappa shape index (κ2) is 8.08. The topological polar surface area (TPSA) is 83.5 Å². The van der Waals surface area contributed by atoms with E-state index in [9.17, 15) is 17.8 Å². The molecule has 1 aromatic rings. The number of benzene rings is 1. The zero-order valence-corrected chi connectivity index (χ0v) is 17.7. The molecule has 0 radical (unpaired) electrons. The zero-order chi connectivity index (χ0) is 15.5. The maximum Gasteiger partial charge on any atom is 0.339 e. The predicted octanol–water partition coefficient (Wildman–Crippen LogP) is 2.81. The smallest absolute Gasteiger partial charge is 0.339 e. The average molecular weight is 655 g/mol. The van der Waals surface area contributed by atoms with Crippen LogP contribution in [0.2, 0.25) is 0 Å². The molecule has 20 heavy (non-hydrogen) atoms. The van der Waals surface area contributed by atoms with Crippen molar-refractivity contribution in [3.63, 3.8) is 0 Å². The van der Waals surface area contributed by atoms with E-state index in [-0.39, 0.29) is 0 Å². The summed E-state index contributed by atoms with van der Waals surface area (Å²) in [7, 11) is -4.58. The Morgan fingerprint density at radius 2 is 1.95 bits per heavy atom. The van der Waals surface area contributed by atoms with Crippen molar-refractivity contribution in [2.24, 2.45) is 0 Å². The first kappa shape index (κ1) is 19.1. The molecule has 1 aromatic carbocycles. The van der Waals surface area contributed by atoms with Gasteiger partial charge in [0.05, 0.1) is 10.8 Å². The highest BCUT2D eigenvalue weighted by molar-refractivity contribution is 14.1. The summed E-state index contributed by atoms with van der Waals surface area (Å²) >= 11 is 11.5. The van der Waals surface area contributed by atoms with E-state index in [0.29, 0.717) is 9.13 Å². The Kier molecular flexibility index (Phi) is 7.73. The largest absolute Gasteiger partial charge is 0.748 e. The van der Waals surface area contributed by atoms with Gasteiger partial charge in [-0.2, -0.15) is 0 Å². The number of carbonyl (C=O) groups is 1. The number of rotatable bonds is 5. The lowest BCUT2D eigenvalue weighted by molar-refractivity contribution is 0.0506. The molecule has 0 aliphatic carbocycles. The second-order valence-corrected chi connectivity index (χ2v) is 9.06. The van der Waals surface area contributed by atoms with E-state index in [1.807, 2.05) is 28.7 Å². The Hall–Kier alpha value is 1.08. The first-order chi connectivity index (χ1) is 9.16. The van der Waals surface area contributed by atoms with Crippen molar-refractivity contribution in [2.75, 3.05) is 12.5 Å². The van der Waals surface area contributed by atoms with Gasteiger partial charge in [-0.1, -0.05) is 0 Å². The first-order valence-corrected chi connectivity index (χ1v) is 10.2. The average Bonchev–Trinajstić information content (AvgIpc) is 2.32. The van der Waals surface area contributed by atoms with Crippen molar-refractivity contribution in [1.82, 2.24) is 0 Å². The third kappa shape index (κ3) is 5.37. The molecule has 0 saturated heterocycles. The SMILES string of the molecule is O=C(OCC(CCl)S(=O)(=O)[O-])c1cc(I)cc(I)c1I. The van der Waals surface area contributed by atoms with Gasteiger partial charge in [0.15, 0.2) is 0 Å². The molecule has 0 amide bonds. The third-order valence-electron chi connectivity index (χ3n) is 2.19. The monoisotopic (exact) mass is 655 g/mol. The minimum atomic E-state index is -4.58. The van der Waals surface area contributed by atoms with E-state index in [1.165, 1.54) is 0 Å². The first-order valence-electron chi connectivity index (χ1n) is 4.99. The van der Waals surface area contributed by atoms with E-state index in [4.69, 9.17) is 16.3 Å². The van der Waals surface area contributed by atoms with Crippen molar-refractivity contribution >= 4 is 95.5 Å². The van der Waals surface area contributed by atoms with Crippen LogP contribution in [0.4, 0.5) is 0 Å². The van der Waals surface area contributed by atoms with Gasteiger partial charge in [0.2, 0.25) is 0 Å². The summed E-state index contributed by atoms with van der Waals surface area (Å²) in [6.07, 6.45) is 0. The second-order valence-electron chi connectivity index (χ2n) is 3.62. The number of halogens is 4. The Balaban J connectivity index is 2.88. The lowest BCUT2D eigenvalue weighted by atomic mass is 10.2. The van der Waals surface area contributed by atoms with Crippen LogP contribution >= 0.6 is 79.4 Å². The summed E-state index contributed by atoms with van der Waals surface area (Å²) < 4.78 is 39.9. The van der Waals surface area contributed by atoms with Crippen LogP contribution in [0.15, 0.2) is 12.1 Å². The third-order valence-corrected chi connectivity index (χ3v) is 7.54. The number of carbonyl (C=O) groups excluding carboxylic acids is 1. The fourth-order valence-electron chi connectivity index (χ4n) is 1.16. The van der Waals surface area contributed by atoms with Gasteiger partial charge in [0.25, 0.3) is 0 Å². The fourth-order valence-corrected chi connectivity index (χ4v) is 4.47. The van der Waals surface area contributed by atoms with E-state index < -0.39 is 33.8 Å². The molecular weight excluding hydrogens is 648 g/mol. The van der Waals surface area contributed by atoms with E-state index >= 15 is 0 Å². The van der Waals surface area contributed by atoms with Gasteiger partial charge in [-0.25, -0.2) is 13.2 Å². The molecule has 1 unspecified atom stereocenters. The van der Waals surface area contributed by atoms with Gasteiger partial charge in [-0.05, 0) is 79.9 Å². The predicted molar refractivity (Wildman–Crippen MR) is 99.1 cm³/mol. The number of hydrogen-bond donors (Lipinski definition) is 0. The van der Waals surface area contributed by atoms with E-state index in [0.717, 1.165) is 7.14 Å². The van der Waals surface area contributed by atoms with Gasteiger partial charge in [-0.3, -0.25) is 0 Å². The molecule has 0 aliphatic heterocycles. The summed E-state index contributed by atoms with van der Waals surface area (Å²) in [4.78, 5) is 11.9. The molecule has 0 aliphatic rings. The summed E-state index contributed by atoms with van der Waals surface area (Å²) in [6, 6.07) is 3.53. The summed E-state index contributed by atoms with van der Waals surface area (Å²) in [6.45, 7) is -0.549. The standard InChI is InChI=1S/C10H8ClI3O5S/c11-3-6(20(16,17)18)4-19-10(15)7-1-5(12)2-8(13)9(7)14/h1-2,6H,3-4H2,(H,16,17,18)/p-1. The normalized spacial score (nSPS) is 13.1. The fraction of sp³-hybridized carbons (Fsp3) is 0.300. The van der Waals surface area contributed by atoms with Crippen molar-refractivity contribution in [1.29, 1.82) is 0 Å². The molecule has 5 nitrogen and oxygen atoms in total. The Morgan fingerprint density at radius 3 is 2.45 bits per heavy atom. The number of ether oxygens (including phenoxy) is 1. The number of esters is 1. The van der Waals surface area contributed by atoms with Crippen molar-refractivity contribution < 1.29 is 22.5 Å². The Bertz CT molecular complexity index is 620. The number of alkyl halides is 1.